The van der Waals surface area contributed by atoms with Gasteiger partial charge in [0.15, 0.2) is 15.6 Å². The Hall–Kier alpha value is -1.90. The van der Waals surface area contributed by atoms with E-state index < -0.39 is 27.1 Å². The van der Waals surface area contributed by atoms with Gasteiger partial charge in [-0.15, -0.1) is 0 Å². The maximum absolute atomic E-state index is 14.7. The van der Waals surface area contributed by atoms with Gasteiger partial charge in [0.05, 0.1) is 30.5 Å². The normalized spacial score (nSPS) is 27.8. The lowest BCUT2D eigenvalue weighted by molar-refractivity contribution is -0.161. The zero-order valence-electron chi connectivity index (χ0n) is 23.8. The number of rotatable bonds is 9. The van der Waals surface area contributed by atoms with E-state index in [9.17, 15) is 13.2 Å². The molecule has 0 bridgehead atoms. The fraction of sp³-hybridized carbons (Fsp3) is 0.516. The molecule has 5 atom stereocenters. The van der Waals surface area contributed by atoms with Gasteiger partial charge < -0.3 is 14.4 Å². The number of ether oxygens (including phenoxy) is 2. The number of hydrogen-bond acceptors (Lipinski definition) is 5. The summed E-state index contributed by atoms with van der Waals surface area (Å²) < 4.78 is 36.9. The Bertz CT molecular complexity index is 1340. The fourth-order valence-corrected chi connectivity index (χ4v) is 6.97. The molecule has 9 heteroatoms. The Morgan fingerprint density at radius 1 is 1.05 bits per heavy atom. The van der Waals surface area contributed by atoms with Crippen molar-refractivity contribution in [3.8, 4) is 0 Å². The van der Waals surface area contributed by atoms with E-state index in [1.807, 2.05) is 81.1 Å². The van der Waals surface area contributed by atoms with Crippen LogP contribution in [0.3, 0.4) is 0 Å². The summed E-state index contributed by atoms with van der Waals surface area (Å²) in [5.41, 5.74) is 1.14. The topological polar surface area (TPSA) is 72.9 Å². The summed E-state index contributed by atoms with van der Waals surface area (Å²) in [4.78, 5) is 16.6. The summed E-state index contributed by atoms with van der Waals surface area (Å²) in [5.74, 6) is -0.876. The van der Waals surface area contributed by atoms with Gasteiger partial charge in [-0.25, -0.2) is 8.42 Å². The lowest BCUT2D eigenvalue weighted by Crippen LogP contribution is -2.56. The molecule has 2 fully saturated rings. The van der Waals surface area contributed by atoms with Crippen LogP contribution in [0.5, 0.6) is 0 Å². The van der Waals surface area contributed by atoms with E-state index in [2.05, 4.69) is 0 Å². The van der Waals surface area contributed by atoms with Crippen LogP contribution >= 0.6 is 23.2 Å². The molecule has 0 saturated carbocycles. The van der Waals surface area contributed by atoms with Crippen molar-refractivity contribution in [3.05, 3.63) is 81.2 Å². The summed E-state index contributed by atoms with van der Waals surface area (Å²) >= 11 is 12.7. The second kappa shape index (κ2) is 12.1. The summed E-state index contributed by atoms with van der Waals surface area (Å²) in [7, 11) is -3.39. The van der Waals surface area contributed by atoms with Crippen LogP contribution < -0.4 is 0 Å². The van der Waals surface area contributed by atoms with Crippen LogP contribution in [0, 0.1) is 5.41 Å². The second-order valence-corrected chi connectivity index (χ2v) is 14.6. The smallest absolute Gasteiger partial charge is 0.229 e. The third kappa shape index (κ3) is 6.93. The third-order valence-corrected chi connectivity index (χ3v) is 9.89. The number of carbonyl (C=O) groups excluding carboxylic acids is 1. The highest BCUT2D eigenvalue weighted by atomic mass is 35.5. The van der Waals surface area contributed by atoms with Crippen LogP contribution in [0.15, 0.2) is 60.0 Å². The van der Waals surface area contributed by atoms with Gasteiger partial charge in [-0.1, -0.05) is 74.3 Å². The van der Waals surface area contributed by atoms with Crippen molar-refractivity contribution in [2.45, 2.75) is 83.8 Å². The summed E-state index contributed by atoms with van der Waals surface area (Å²) in [6.45, 7) is 9.73. The maximum Gasteiger partial charge on any atom is 0.229 e. The Morgan fingerprint density at radius 2 is 1.75 bits per heavy atom. The Labute approximate surface area is 248 Å². The first-order valence-electron chi connectivity index (χ1n) is 13.8. The molecule has 0 spiro atoms. The van der Waals surface area contributed by atoms with Crippen LogP contribution in [0.25, 0.3) is 0 Å². The SMILES string of the molecule is CCC(/C=C/S(=O)(=O)CC)N1C(=O)[C@@](C)(CC2COC(C)(C)O2)CC(c2cccc(Cl)c2)[C@H]1c1ccc(Cl)cc1. The van der Waals surface area contributed by atoms with E-state index in [0.29, 0.717) is 35.9 Å². The number of halogens is 2. The predicted molar refractivity (Wildman–Crippen MR) is 160 cm³/mol. The largest absolute Gasteiger partial charge is 0.348 e. The zero-order valence-corrected chi connectivity index (χ0v) is 26.1. The van der Waals surface area contributed by atoms with E-state index in [1.54, 1.807) is 13.0 Å². The highest BCUT2D eigenvalue weighted by molar-refractivity contribution is 7.94. The molecule has 40 heavy (non-hydrogen) atoms. The van der Waals surface area contributed by atoms with E-state index in [-0.39, 0.29) is 29.7 Å². The number of sulfone groups is 1. The average molecular weight is 609 g/mol. The number of benzene rings is 2. The molecule has 0 radical (unpaired) electrons. The molecule has 2 aliphatic heterocycles. The lowest BCUT2D eigenvalue weighted by Gasteiger charge is -2.52. The second-order valence-electron chi connectivity index (χ2n) is 11.5. The van der Waals surface area contributed by atoms with Gasteiger partial charge >= 0.3 is 0 Å². The summed E-state index contributed by atoms with van der Waals surface area (Å²) in [6.07, 6.45) is 3.00. The Kier molecular flexibility index (Phi) is 9.42. The van der Waals surface area contributed by atoms with Gasteiger partial charge in [0.2, 0.25) is 5.91 Å². The van der Waals surface area contributed by atoms with Crippen molar-refractivity contribution in [2.75, 3.05) is 12.4 Å². The van der Waals surface area contributed by atoms with Gasteiger partial charge in [0.1, 0.15) is 0 Å². The van der Waals surface area contributed by atoms with Crippen molar-refractivity contribution < 1.29 is 22.7 Å². The molecule has 2 aromatic rings. The van der Waals surface area contributed by atoms with Gasteiger partial charge in [-0.3, -0.25) is 4.79 Å². The summed E-state index contributed by atoms with van der Waals surface area (Å²) in [6, 6.07) is 14.5. The molecule has 0 aliphatic carbocycles. The molecule has 2 aromatic carbocycles. The Balaban J connectivity index is 1.87. The summed E-state index contributed by atoms with van der Waals surface area (Å²) in [5, 5.41) is 2.47. The highest BCUT2D eigenvalue weighted by Crippen LogP contribution is 2.53. The van der Waals surface area contributed by atoms with Crippen molar-refractivity contribution in [1.82, 2.24) is 4.90 Å². The fourth-order valence-electron chi connectivity index (χ4n) is 6.03. The predicted octanol–water partition coefficient (Wildman–Crippen LogP) is 7.33. The monoisotopic (exact) mass is 607 g/mol. The van der Waals surface area contributed by atoms with Gasteiger partial charge in [-0.05, 0) is 68.5 Å². The standard InChI is InChI=1S/C31H39Cl2NO5S/c1-6-25(15-16-40(36,37)7-2)34-28(21-11-13-23(32)14-12-21)27(22-9-8-10-24(33)17-22)19-31(5,29(34)35)18-26-20-38-30(3,4)39-26/h8-17,25-28H,6-7,18-20H2,1-5H3/b16-15+/t25?,26?,27?,28-,31+/m1/s1. The van der Waals surface area contributed by atoms with Crippen molar-refractivity contribution >= 4 is 38.9 Å². The molecule has 2 aliphatic rings. The Morgan fingerprint density at radius 3 is 2.33 bits per heavy atom. The quantitative estimate of drug-likeness (QED) is 0.298. The van der Waals surface area contributed by atoms with Crippen LogP contribution in [-0.4, -0.2) is 49.5 Å². The molecule has 218 valence electrons. The van der Waals surface area contributed by atoms with Gasteiger partial charge in [-0.2, -0.15) is 0 Å². The number of hydrogen-bond donors (Lipinski definition) is 0. The van der Waals surface area contributed by atoms with Crippen LogP contribution in [-0.2, 0) is 24.1 Å². The third-order valence-electron chi connectivity index (χ3n) is 8.02. The van der Waals surface area contributed by atoms with E-state index in [4.69, 9.17) is 32.7 Å². The highest BCUT2D eigenvalue weighted by Gasteiger charge is 2.53. The lowest BCUT2D eigenvalue weighted by atomic mass is 9.66. The number of nitrogens with zero attached hydrogens (tertiary/aromatic N) is 1. The molecular formula is C31H39Cl2NO5S. The average Bonchev–Trinajstić information content (AvgIpc) is 3.24. The van der Waals surface area contributed by atoms with Crippen LogP contribution in [0.2, 0.25) is 10.0 Å². The molecule has 1 amide bonds. The van der Waals surface area contributed by atoms with Crippen LogP contribution in [0.1, 0.15) is 77.0 Å². The van der Waals surface area contributed by atoms with E-state index in [0.717, 1.165) is 11.1 Å². The van der Waals surface area contributed by atoms with Crippen LogP contribution in [0.4, 0.5) is 0 Å². The zero-order chi connectivity index (χ0) is 29.3. The molecule has 2 saturated heterocycles. The molecule has 0 N–H and O–H groups in total. The van der Waals surface area contributed by atoms with Crippen molar-refractivity contribution in [1.29, 1.82) is 0 Å². The van der Waals surface area contributed by atoms with Gasteiger partial charge in [0, 0.05) is 26.8 Å². The minimum Gasteiger partial charge on any atom is -0.348 e. The molecule has 4 rings (SSSR count). The van der Waals surface area contributed by atoms with Crippen molar-refractivity contribution in [2.24, 2.45) is 5.41 Å². The first-order chi connectivity index (χ1) is 18.8. The first-order valence-corrected chi connectivity index (χ1v) is 16.3. The van der Waals surface area contributed by atoms with Crippen molar-refractivity contribution in [3.63, 3.8) is 0 Å². The van der Waals surface area contributed by atoms with Gasteiger partial charge in [0.25, 0.3) is 0 Å². The number of likely N-dealkylation sites (tertiary alicyclic amines) is 1. The molecule has 2 heterocycles. The first kappa shape index (κ1) is 31.0. The molecule has 6 nitrogen and oxygen atoms in total. The minimum atomic E-state index is -3.39. The molecular weight excluding hydrogens is 569 g/mol. The van der Waals surface area contributed by atoms with E-state index in [1.165, 1.54) is 5.41 Å². The number of piperidine rings is 1. The maximum atomic E-state index is 14.7. The minimum absolute atomic E-state index is 0.00779. The molecule has 0 aromatic heterocycles. The number of amides is 1. The van der Waals surface area contributed by atoms with E-state index >= 15 is 0 Å². The molecule has 3 unspecified atom stereocenters. The number of carbonyl (C=O) groups is 1.